The summed E-state index contributed by atoms with van der Waals surface area (Å²) in [4.78, 5) is 0. The lowest BCUT2D eigenvalue weighted by Gasteiger charge is -2.28. The molecule has 1 heterocycles. The van der Waals surface area contributed by atoms with Crippen molar-refractivity contribution in [1.29, 1.82) is 0 Å². The number of nitrogens with two attached hydrogens (primary N) is 1. The molecule has 0 bridgehead atoms. The van der Waals surface area contributed by atoms with Gasteiger partial charge in [0.2, 0.25) is 0 Å². The third-order valence-corrected chi connectivity index (χ3v) is 4.75. The number of hydrogen-bond acceptors (Lipinski definition) is 1. The van der Waals surface area contributed by atoms with E-state index in [0.29, 0.717) is 0 Å². The van der Waals surface area contributed by atoms with Crippen LogP contribution in [-0.4, -0.2) is 11.1 Å². The first-order valence-electron chi connectivity index (χ1n) is 6.92. The summed E-state index contributed by atoms with van der Waals surface area (Å²) in [7, 11) is 2.11. The molecular weight excluding hydrogens is 220 g/mol. The van der Waals surface area contributed by atoms with Gasteiger partial charge in [-0.3, -0.25) is 0 Å². The lowest BCUT2D eigenvalue weighted by molar-refractivity contribution is 0.453. The highest BCUT2D eigenvalue weighted by atomic mass is 14.9. The van der Waals surface area contributed by atoms with Crippen LogP contribution in [0.3, 0.4) is 0 Å². The fourth-order valence-electron chi connectivity index (χ4n) is 3.58. The molecule has 3 rings (SSSR count). The molecule has 2 aromatic rings. The molecule has 2 N–H and O–H groups in total. The second-order valence-electron chi connectivity index (χ2n) is 5.85. The summed E-state index contributed by atoms with van der Waals surface area (Å²) in [6, 6.07) is 6.93. The van der Waals surface area contributed by atoms with Crippen LogP contribution in [0.15, 0.2) is 24.4 Å². The molecule has 18 heavy (non-hydrogen) atoms. The molecule has 1 aromatic carbocycles. The SMILES string of the molecule is Cc1cn(C)c2ccc(C3(CN)CCCC3)cc12. The topological polar surface area (TPSA) is 30.9 Å². The predicted molar refractivity (Wildman–Crippen MR) is 76.9 cm³/mol. The molecule has 1 aromatic heterocycles. The quantitative estimate of drug-likeness (QED) is 0.861. The van der Waals surface area contributed by atoms with Crippen molar-refractivity contribution in [1.82, 2.24) is 4.57 Å². The molecule has 1 saturated carbocycles. The molecule has 1 fully saturated rings. The summed E-state index contributed by atoms with van der Waals surface area (Å²) in [6.07, 6.45) is 7.35. The summed E-state index contributed by atoms with van der Waals surface area (Å²) in [5.74, 6) is 0. The number of fused-ring (bicyclic) bond motifs is 1. The molecule has 2 nitrogen and oxygen atoms in total. The van der Waals surface area contributed by atoms with Crippen molar-refractivity contribution in [3.8, 4) is 0 Å². The summed E-state index contributed by atoms with van der Waals surface area (Å²) in [6.45, 7) is 2.97. The highest BCUT2D eigenvalue weighted by molar-refractivity contribution is 5.84. The number of hydrogen-bond donors (Lipinski definition) is 1. The fourth-order valence-corrected chi connectivity index (χ4v) is 3.58. The first-order valence-corrected chi connectivity index (χ1v) is 6.92. The summed E-state index contributed by atoms with van der Waals surface area (Å²) >= 11 is 0. The highest BCUT2D eigenvalue weighted by Crippen LogP contribution is 2.41. The smallest absolute Gasteiger partial charge is 0.0480 e. The average Bonchev–Trinajstić information content (AvgIpc) is 2.96. The van der Waals surface area contributed by atoms with E-state index in [1.165, 1.54) is 47.7 Å². The minimum Gasteiger partial charge on any atom is -0.350 e. The average molecular weight is 242 g/mol. The molecule has 1 aliphatic carbocycles. The predicted octanol–water partition coefficient (Wildman–Crippen LogP) is 3.26. The van der Waals surface area contributed by atoms with Gasteiger partial charge >= 0.3 is 0 Å². The monoisotopic (exact) mass is 242 g/mol. The molecule has 0 radical (unpaired) electrons. The van der Waals surface area contributed by atoms with Gasteiger partial charge in [-0.25, -0.2) is 0 Å². The molecule has 96 valence electrons. The largest absolute Gasteiger partial charge is 0.350 e. The van der Waals surface area contributed by atoms with Crippen LogP contribution in [0.2, 0.25) is 0 Å². The number of aromatic nitrogens is 1. The molecule has 0 spiro atoms. The van der Waals surface area contributed by atoms with Gasteiger partial charge < -0.3 is 10.3 Å². The van der Waals surface area contributed by atoms with E-state index >= 15 is 0 Å². The van der Waals surface area contributed by atoms with E-state index in [0.717, 1.165) is 6.54 Å². The van der Waals surface area contributed by atoms with E-state index in [-0.39, 0.29) is 5.41 Å². The van der Waals surface area contributed by atoms with Crippen molar-refractivity contribution in [3.05, 3.63) is 35.5 Å². The van der Waals surface area contributed by atoms with Gasteiger partial charge in [-0.05, 0) is 43.0 Å². The first kappa shape index (κ1) is 11.8. The Balaban J connectivity index is 2.15. The zero-order valence-corrected chi connectivity index (χ0v) is 11.4. The van der Waals surface area contributed by atoms with E-state index in [9.17, 15) is 0 Å². The van der Waals surface area contributed by atoms with Crippen molar-refractivity contribution in [2.24, 2.45) is 12.8 Å². The van der Waals surface area contributed by atoms with E-state index < -0.39 is 0 Å². The maximum absolute atomic E-state index is 6.08. The van der Waals surface area contributed by atoms with E-state index in [2.05, 4.69) is 42.9 Å². The lowest BCUT2D eigenvalue weighted by atomic mass is 9.78. The second kappa shape index (κ2) is 4.13. The number of rotatable bonds is 2. The molecule has 0 unspecified atom stereocenters. The van der Waals surface area contributed by atoms with E-state index in [4.69, 9.17) is 5.73 Å². The van der Waals surface area contributed by atoms with Crippen LogP contribution >= 0.6 is 0 Å². The summed E-state index contributed by atoms with van der Waals surface area (Å²) in [5.41, 5.74) is 10.5. The zero-order chi connectivity index (χ0) is 12.8. The minimum atomic E-state index is 0.246. The first-order chi connectivity index (χ1) is 8.66. The molecule has 0 saturated heterocycles. The lowest BCUT2D eigenvalue weighted by Crippen LogP contribution is -2.31. The molecule has 1 aliphatic rings. The minimum absolute atomic E-state index is 0.246. The van der Waals surface area contributed by atoms with Crippen LogP contribution in [0, 0.1) is 6.92 Å². The van der Waals surface area contributed by atoms with Gasteiger partial charge in [-0.1, -0.05) is 18.9 Å². The van der Waals surface area contributed by atoms with E-state index in [1.54, 1.807) is 0 Å². The Morgan fingerprint density at radius 1 is 1.28 bits per heavy atom. The van der Waals surface area contributed by atoms with Crippen LogP contribution in [0.25, 0.3) is 10.9 Å². The van der Waals surface area contributed by atoms with Crippen molar-refractivity contribution in [2.45, 2.75) is 38.0 Å². The van der Waals surface area contributed by atoms with Gasteiger partial charge in [0, 0.05) is 36.1 Å². The van der Waals surface area contributed by atoms with Crippen molar-refractivity contribution in [3.63, 3.8) is 0 Å². The number of benzene rings is 1. The number of aryl methyl sites for hydroxylation is 2. The van der Waals surface area contributed by atoms with Gasteiger partial charge in [-0.15, -0.1) is 0 Å². The maximum atomic E-state index is 6.08. The van der Waals surface area contributed by atoms with Gasteiger partial charge in [0.1, 0.15) is 0 Å². The fraction of sp³-hybridized carbons (Fsp3) is 0.500. The summed E-state index contributed by atoms with van der Waals surface area (Å²) in [5, 5.41) is 1.38. The van der Waals surface area contributed by atoms with Crippen molar-refractivity contribution >= 4 is 10.9 Å². The van der Waals surface area contributed by atoms with Crippen molar-refractivity contribution in [2.75, 3.05) is 6.54 Å². The Kier molecular flexibility index (Phi) is 2.70. The van der Waals surface area contributed by atoms with E-state index in [1.807, 2.05) is 0 Å². The highest BCUT2D eigenvalue weighted by Gasteiger charge is 2.34. The molecule has 0 atom stereocenters. The van der Waals surface area contributed by atoms with Crippen LogP contribution in [-0.2, 0) is 12.5 Å². The molecule has 2 heteroatoms. The van der Waals surface area contributed by atoms with Crippen LogP contribution in [0.5, 0.6) is 0 Å². The maximum Gasteiger partial charge on any atom is 0.0480 e. The molecule has 0 aliphatic heterocycles. The Morgan fingerprint density at radius 2 is 2.00 bits per heavy atom. The third-order valence-electron chi connectivity index (χ3n) is 4.75. The van der Waals surface area contributed by atoms with Crippen LogP contribution in [0.4, 0.5) is 0 Å². The second-order valence-corrected chi connectivity index (χ2v) is 5.85. The standard InChI is InChI=1S/C16H22N2/c1-12-10-18(2)15-6-5-13(9-14(12)15)16(11-17)7-3-4-8-16/h5-6,9-10H,3-4,7-8,11,17H2,1-2H3. The van der Waals surface area contributed by atoms with Crippen LogP contribution in [0.1, 0.15) is 36.8 Å². The van der Waals surface area contributed by atoms with Gasteiger partial charge in [0.15, 0.2) is 0 Å². The normalized spacial score (nSPS) is 18.6. The van der Waals surface area contributed by atoms with Gasteiger partial charge in [0.05, 0.1) is 0 Å². The molecule has 0 amide bonds. The molecular formula is C16H22N2. The Bertz CT molecular complexity index is 574. The van der Waals surface area contributed by atoms with Crippen LogP contribution < -0.4 is 5.73 Å². The number of nitrogens with zero attached hydrogens (tertiary/aromatic N) is 1. The Morgan fingerprint density at radius 3 is 2.67 bits per heavy atom. The Hall–Kier alpha value is -1.28. The van der Waals surface area contributed by atoms with Gasteiger partial charge in [-0.2, -0.15) is 0 Å². The van der Waals surface area contributed by atoms with Crippen molar-refractivity contribution < 1.29 is 0 Å². The Labute approximate surface area is 109 Å². The zero-order valence-electron chi connectivity index (χ0n) is 11.4. The summed E-state index contributed by atoms with van der Waals surface area (Å²) < 4.78 is 2.21. The third kappa shape index (κ3) is 1.59. The van der Waals surface area contributed by atoms with Gasteiger partial charge in [0.25, 0.3) is 0 Å².